The quantitative estimate of drug-likeness (QED) is 0.746. The standard InChI is InChI=1S/C9H10N4/c1-10-8-6-9(12-7-11-8)13-4-2-3-5-13/h2-7H,1H3,(H,10,11,12). The summed E-state index contributed by atoms with van der Waals surface area (Å²) >= 11 is 0. The van der Waals surface area contributed by atoms with Crippen LogP contribution in [0.5, 0.6) is 0 Å². The number of hydrogen-bond acceptors (Lipinski definition) is 3. The predicted molar refractivity (Wildman–Crippen MR) is 50.9 cm³/mol. The van der Waals surface area contributed by atoms with Crippen molar-refractivity contribution in [3.05, 3.63) is 36.9 Å². The van der Waals surface area contributed by atoms with Gasteiger partial charge in [0.25, 0.3) is 0 Å². The fourth-order valence-electron chi connectivity index (χ4n) is 1.11. The number of hydrogen-bond donors (Lipinski definition) is 1. The lowest BCUT2D eigenvalue weighted by molar-refractivity contribution is 0.983. The molecule has 2 rings (SSSR count). The first kappa shape index (κ1) is 7.79. The highest BCUT2D eigenvalue weighted by molar-refractivity contribution is 5.39. The Bertz CT molecular complexity index is 380. The zero-order chi connectivity index (χ0) is 9.10. The Kier molecular flexibility index (Phi) is 1.96. The normalized spacial score (nSPS) is 9.92. The molecule has 0 aliphatic heterocycles. The molecular weight excluding hydrogens is 164 g/mol. The molecule has 0 unspecified atom stereocenters. The monoisotopic (exact) mass is 174 g/mol. The average molecular weight is 174 g/mol. The molecule has 1 N–H and O–H groups in total. The molecule has 0 radical (unpaired) electrons. The lowest BCUT2D eigenvalue weighted by Gasteiger charge is -2.02. The zero-order valence-electron chi connectivity index (χ0n) is 7.31. The molecule has 0 amide bonds. The molecule has 2 aromatic heterocycles. The molecule has 0 atom stereocenters. The van der Waals surface area contributed by atoms with E-state index in [1.807, 2.05) is 42.2 Å². The van der Waals surface area contributed by atoms with Crippen LogP contribution >= 0.6 is 0 Å². The van der Waals surface area contributed by atoms with Crippen LogP contribution in [-0.2, 0) is 0 Å². The molecule has 0 spiro atoms. The van der Waals surface area contributed by atoms with Gasteiger partial charge in [-0.1, -0.05) is 0 Å². The minimum absolute atomic E-state index is 0.818. The van der Waals surface area contributed by atoms with Gasteiger partial charge in [0, 0.05) is 25.5 Å². The van der Waals surface area contributed by atoms with Crippen molar-refractivity contribution in [2.45, 2.75) is 0 Å². The lowest BCUT2D eigenvalue weighted by atomic mass is 10.5. The van der Waals surface area contributed by atoms with Crippen molar-refractivity contribution < 1.29 is 0 Å². The molecule has 4 heteroatoms. The van der Waals surface area contributed by atoms with E-state index in [2.05, 4.69) is 15.3 Å². The number of rotatable bonds is 2. The Morgan fingerprint density at radius 3 is 2.69 bits per heavy atom. The highest BCUT2D eigenvalue weighted by Gasteiger charge is 1.97. The van der Waals surface area contributed by atoms with Gasteiger partial charge in [-0.05, 0) is 12.1 Å². The van der Waals surface area contributed by atoms with Crippen LogP contribution in [0, 0.1) is 0 Å². The maximum Gasteiger partial charge on any atom is 0.142 e. The molecule has 0 saturated carbocycles. The Hall–Kier alpha value is -1.84. The fraction of sp³-hybridized carbons (Fsp3) is 0.111. The molecule has 0 saturated heterocycles. The van der Waals surface area contributed by atoms with Gasteiger partial charge in [0.15, 0.2) is 0 Å². The van der Waals surface area contributed by atoms with Gasteiger partial charge in [-0.15, -0.1) is 0 Å². The molecule has 0 aliphatic carbocycles. The summed E-state index contributed by atoms with van der Waals surface area (Å²) in [4.78, 5) is 8.17. The topological polar surface area (TPSA) is 42.7 Å². The van der Waals surface area contributed by atoms with Gasteiger partial charge < -0.3 is 9.88 Å². The van der Waals surface area contributed by atoms with E-state index in [9.17, 15) is 0 Å². The van der Waals surface area contributed by atoms with Crippen molar-refractivity contribution in [2.75, 3.05) is 12.4 Å². The van der Waals surface area contributed by atoms with Crippen LogP contribution in [0.15, 0.2) is 36.9 Å². The second kappa shape index (κ2) is 3.26. The zero-order valence-corrected chi connectivity index (χ0v) is 7.31. The Labute approximate surface area is 76.3 Å². The first-order valence-corrected chi connectivity index (χ1v) is 4.03. The first-order valence-electron chi connectivity index (χ1n) is 4.03. The number of anilines is 1. The Morgan fingerprint density at radius 2 is 2.00 bits per heavy atom. The fourth-order valence-corrected chi connectivity index (χ4v) is 1.11. The van der Waals surface area contributed by atoms with E-state index in [1.165, 1.54) is 0 Å². The van der Waals surface area contributed by atoms with Crippen LogP contribution in [0.1, 0.15) is 0 Å². The molecule has 4 nitrogen and oxygen atoms in total. The van der Waals surface area contributed by atoms with Crippen LogP contribution in [0.2, 0.25) is 0 Å². The van der Waals surface area contributed by atoms with Crippen LogP contribution < -0.4 is 5.32 Å². The van der Waals surface area contributed by atoms with Crippen molar-refractivity contribution >= 4 is 5.82 Å². The van der Waals surface area contributed by atoms with E-state index in [4.69, 9.17) is 0 Å². The molecule has 66 valence electrons. The maximum atomic E-state index is 4.14. The minimum Gasteiger partial charge on any atom is -0.373 e. The Balaban J connectivity index is 2.41. The molecule has 0 aromatic carbocycles. The van der Waals surface area contributed by atoms with Crippen molar-refractivity contribution in [1.82, 2.24) is 14.5 Å². The molecule has 0 aliphatic rings. The van der Waals surface area contributed by atoms with Gasteiger partial charge >= 0.3 is 0 Å². The maximum absolute atomic E-state index is 4.14. The van der Waals surface area contributed by atoms with E-state index in [0.717, 1.165) is 11.6 Å². The van der Waals surface area contributed by atoms with E-state index in [0.29, 0.717) is 0 Å². The van der Waals surface area contributed by atoms with E-state index >= 15 is 0 Å². The molecule has 2 heterocycles. The summed E-state index contributed by atoms with van der Waals surface area (Å²) in [6.45, 7) is 0. The molecule has 13 heavy (non-hydrogen) atoms. The van der Waals surface area contributed by atoms with Crippen LogP contribution in [0.3, 0.4) is 0 Å². The van der Waals surface area contributed by atoms with Crippen molar-refractivity contribution in [1.29, 1.82) is 0 Å². The minimum atomic E-state index is 0.818. The summed E-state index contributed by atoms with van der Waals surface area (Å²) in [6, 6.07) is 5.81. The molecule has 2 aromatic rings. The van der Waals surface area contributed by atoms with Gasteiger partial charge in [-0.25, -0.2) is 9.97 Å². The van der Waals surface area contributed by atoms with Crippen molar-refractivity contribution in [2.24, 2.45) is 0 Å². The summed E-state index contributed by atoms with van der Waals surface area (Å²) in [6.07, 6.45) is 5.44. The number of nitrogens with zero attached hydrogens (tertiary/aromatic N) is 3. The Morgan fingerprint density at radius 1 is 1.23 bits per heavy atom. The number of nitrogens with one attached hydrogen (secondary N) is 1. The van der Waals surface area contributed by atoms with Crippen LogP contribution in [0.25, 0.3) is 5.82 Å². The van der Waals surface area contributed by atoms with Crippen LogP contribution in [-0.4, -0.2) is 21.6 Å². The SMILES string of the molecule is CNc1cc(-n2cccc2)ncn1. The summed E-state index contributed by atoms with van der Waals surface area (Å²) in [7, 11) is 1.84. The molecular formula is C9H10N4. The third-order valence-corrected chi connectivity index (χ3v) is 1.78. The largest absolute Gasteiger partial charge is 0.373 e. The molecule has 0 bridgehead atoms. The predicted octanol–water partition coefficient (Wildman–Crippen LogP) is 1.31. The van der Waals surface area contributed by atoms with Crippen molar-refractivity contribution in [3.63, 3.8) is 0 Å². The third kappa shape index (κ3) is 1.51. The molecule has 0 fully saturated rings. The van der Waals surface area contributed by atoms with Gasteiger partial charge in [0.05, 0.1) is 0 Å². The lowest BCUT2D eigenvalue weighted by Crippen LogP contribution is -1.98. The third-order valence-electron chi connectivity index (χ3n) is 1.78. The summed E-state index contributed by atoms with van der Waals surface area (Å²) < 4.78 is 1.93. The highest BCUT2D eigenvalue weighted by atomic mass is 15.1. The highest BCUT2D eigenvalue weighted by Crippen LogP contribution is 2.07. The summed E-state index contributed by atoms with van der Waals surface area (Å²) in [5, 5.41) is 2.96. The van der Waals surface area contributed by atoms with E-state index in [-0.39, 0.29) is 0 Å². The number of aromatic nitrogens is 3. The van der Waals surface area contributed by atoms with Crippen molar-refractivity contribution in [3.8, 4) is 5.82 Å². The van der Waals surface area contributed by atoms with Gasteiger partial charge in [0.2, 0.25) is 0 Å². The second-order valence-electron chi connectivity index (χ2n) is 2.60. The van der Waals surface area contributed by atoms with Crippen LogP contribution in [0.4, 0.5) is 5.82 Å². The van der Waals surface area contributed by atoms with Gasteiger partial charge in [-0.3, -0.25) is 0 Å². The smallest absolute Gasteiger partial charge is 0.142 e. The first-order chi connectivity index (χ1) is 6.40. The summed E-state index contributed by atoms with van der Waals surface area (Å²) in [5.74, 6) is 1.68. The van der Waals surface area contributed by atoms with E-state index in [1.54, 1.807) is 6.33 Å². The second-order valence-corrected chi connectivity index (χ2v) is 2.60. The van der Waals surface area contributed by atoms with Gasteiger partial charge in [-0.2, -0.15) is 0 Å². The van der Waals surface area contributed by atoms with Gasteiger partial charge in [0.1, 0.15) is 18.0 Å². The summed E-state index contributed by atoms with van der Waals surface area (Å²) in [5.41, 5.74) is 0. The van der Waals surface area contributed by atoms with E-state index < -0.39 is 0 Å². The average Bonchev–Trinajstić information content (AvgIpc) is 2.71.